The highest BCUT2D eigenvalue weighted by molar-refractivity contribution is 6.35. The van der Waals surface area contributed by atoms with Crippen molar-refractivity contribution in [3.8, 4) is 11.5 Å². The van der Waals surface area contributed by atoms with Gasteiger partial charge in [-0.05, 0) is 35.9 Å². The topological polar surface area (TPSA) is 72.6 Å². The van der Waals surface area contributed by atoms with E-state index < -0.39 is 5.91 Å². The third kappa shape index (κ3) is 4.03. The molecule has 0 fully saturated rings. The van der Waals surface area contributed by atoms with Crippen LogP contribution >= 0.6 is 23.2 Å². The summed E-state index contributed by atoms with van der Waals surface area (Å²) >= 11 is 11.9. The maximum Gasteiger partial charge on any atom is 0.248 e. The zero-order valence-electron chi connectivity index (χ0n) is 11.0. The number of benzene rings is 2. The van der Waals surface area contributed by atoms with Crippen LogP contribution in [0.1, 0.15) is 15.9 Å². The first-order chi connectivity index (χ1) is 9.97. The number of phenols is 1. The molecule has 1 amide bonds. The van der Waals surface area contributed by atoms with E-state index in [0.717, 1.165) is 5.56 Å². The van der Waals surface area contributed by atoms with Crippen LogP contribution in [0.15, 0.2) is 36.4 Å². The predicted molar refractivity (Wildman–Crippen MR) is 82.3 cm³/mol. The summed E-state index contributed by atoms with van der Waals surface area (Å²) in [5.41, 5.74) is 6.33. The molecule has 0 aliphatic heterocycles. The Hall–Kier alpha value is -1.91. The number of primary amides is 1. The molecule has 2 aromatic carbocycles. The number of hydrogen-bond donors (Lipinski definition) is 2. The number of rotatable bonds is 5. The lowest BCUT2D eigenvalue weighted by Gasteiger charge is -2.10. The molecular weight excluding hydrogens is 313 g/mol. The molecule has 0 bridgehead atoms. The van der Waals surface area contributed by atoms with Gasteiger partial charge in [0.25, 0.3) is 0 Å². The van der Waals surface area contributed by atoms with Gasteiger partial charge in [0.2, 0.25) is 5.91 Å². The zero-order chi connectivity index (χ0) is 15.4. The molecule has 0 spiro atoms. The lowest BCUT2D eigenvalue weighted by atomic mass is 10.1. The van der Waals surface area contributed by atoms with Crippen molar-refractivity contribution in [2.24, 2.45) is 5.73 Å². The summed E-state index contributed by atoms with van der Waals surface area (Å²) in [7, 11) is 0. The number of phenolic OH excluding ortho intramolecular Hbond substituents is 1. The van der Waals surface area contributed by atoms with E-state index in [1.165, 1.54) is 18.2 Å². The van der Waals surface area contributed by atoms with Crippen LogP contribution in [-0.4, -0.2) is 17.6 Å². The fourth-order valence-electron chi connectivity index (χ4n) is 1.78. The average molecular weight is 326 g/mol. The summed E-state index contributed by atoms with van der Waals surface area (Å²) in [5, 5.41) is 10.8. The third-order valence-electron chi connectivity index (χ3n) is 2.89. The van der Waals surface area contributed by atoms with Crippen LogP contribution in [0, 0.1) is 0 Å². The van der Waals surface area contributed by atoms with E-state index in [2.05, 4.69) is 0 Å². The molecule has 0 aromatic heterocycles. The smallest absolute Gasteiger partial charge is 0.248 e. The molecule has 4 nitrogen and oxygen atoms in total. The molecule has 6 heteroatoms. The molecule has 0 heterocycles. The molecule has 0 unspecified atom stereocenters. The molecule has 0 saturated heterocycles. The van der Waals surface area contributed by atoms with Crippen LogP contribution in [0.3, 0.4) is 0 Å². The fourth-order valence-corrected chi connectivity index (χ4v) is 2.28. The Labute approximate surface area is 132 Å². The van der Waals surface area contributed by atoms with Gasteiger partial charge in [-0.2, -0.15) is 0 Å². The normalized spacial score (nSPS) is 10.4. The minimum absolute atomic E-state index is 0.0535. The largest absolute Gasteiger partial charge is 0.504 e. The van der Waals surface area contributed by atoms with Crippen molar-refractivity contribution < 1.29 is 14.6 Å². The molecule has 0 saturated carbocycles. The van der Waals surface area contributed by atoms with E-state index in [1.54, 1.807) is 12.1 Å². The van der Waals surface area contributed by atoms with Crippen LogP contribution in [0.2, 0.25) is 10.0 Å². The maximum atomic E-state index is 11.1. The quantitative estimate of drug-likeness (QED) is 0.884. The SMILES string of the molecule is NC(=O)c1ccc(O)c(OCCc2ccc(Cl)cc2Cl)c1. The van der Waals surface area contributed by atoms with Crippen LogP contribution in [0.4, 0.5) is 0 Å². The van der Waals surface area contributed by atoms with E-state index in [1.807, 2.05) is 6.07 Å². The first-order valence-corrected chi connectivity index (χ1v) is 6.92. The number of nitrogens with two attached hydrogens (primary N) is 1. The number of amides is 1. The van der Waals surface area contributed by atoms with Crippen LogP contribution in [0.5, 0.6) is 11.5 Å². The van der Waals surface area contributed by atoms with E-state index >= 15 is 0 Å². The fraction of sp³-hybridized carbons (Fsp3) is 0.133. The van der Waals surface area contributed by atoms with E-state index in [0.29, 0.717) is 16.5 Å². The summed E-state index contributed by atoms with van der Waals surface area (Å²) in [6.07, 6.45) is 0.538. The second-order valence-electron chi connectivity index (χ2n) is 4.38. The highest BCUT2D eigenvalue weighted by atomic mass is 35.5. The first-order valence-electron chi connectivity index (χ1n) is 6.17. The number of hydrogen-bond acceptors (Lipinski definition) is 3. The van der Waals surface area contributed by atoms with Crippen LogP contribution < -0.4 is 10.5 Å². The average Bonchev–Trinajstić information content (AvgIpc) is 2.43. The molecule has 0 atom stereocenters. The monoisotopic (exact) mass is 325 g/mol. The Morgan fingerprint density at radius 3 is 2.62 bits per heavy atom. The van der Waals surface area contributed by atoms with Gasteiger partial charge in [-0.25, -0.2) is 0 Å². The second-order valence-corrected chi connectivity index (χ2v) is 5.22. The molecular formula is C15H13Cl2NO3. The highest BCUT2D eigenvalue weighted by Gasteiger charge is 2.08. The van der Waals surface area contributed by atoms with Crippen molar-refractivity contribution in [1.29, 1.82) is 0 Å². The van der Waals surface area contributed by atoms with E-state index in [4.69, 9.17) is 33.7 Å². The van der Waals surface area contributed by atoms with E-state index in [9.17, 15) is 9.90 Å². The Morgan fingerprint density at radius 2 is 1.95 bits per heavy atom. The van der Waals surface area contributed by atoms with Crippen molar-refractivity contribution in [2.75, 3.05) is 6.61 Å². The Kier molecular flexibility index (Phi) is 4.94. The molecule has 110 valence electrons. The number of carbonyl (C=O) groups excluding carboxylic acids is 1. The van der Waals surface area contributed by atoms with Crippen molar-refractivity contribution >= 4 is 29.1 Å². The summed E-state index contributed by atoms with van der Waals surface area (Å²) in [4.78, 5) is 11.1. The van der Waals surface area contributed by atoms with Gasteiger partial charge in [0.1, 0.15) is 0 Å². The van der Waals surface area contributed by atoms with Crippen molar-refractivity contribution in [3.63, 3.8) is 0 Å². The highest BCUT2D eigenvalue weighted by Crippen LogP contribution is 2.27. The minimum atomic E-state index is -0.583. The Morgan fingerprint density at radius 1 is 1.19 bits per heavy atom. The standard InChI is InChI=1S/C15H13Cl2NO3/c16-11-3-1-9(12(17)8-11)5-6-21-14-7-10(15(18)20)2-4-13(14)19/h1-4,7-8,19H,5-6H2,(H2,18,20). The number of halogens is 2. The minimum Gasteiger partial charge on any atom is -0.504 e. The number of ether oxygens (including phenoxy) is 1. The molecule has 21 heavy (non-hydrogen) atoms. The third-order valence-corrected chi connectivity index (χ3v) is 3.48. The number of carbonyl (C=O) groups is 1. The summed E-state index contributed by atoms with van der Waals surface area (Å²) in [5.74, 6) is -0.431. The molecule has 3 N–H and O–H groups in total. The lowest BCUT2D eigenvalue weighted by molar-refractivity contribution is 0.1000. The molecule has 2 aromatic rings. The van der Waals surface area contributed by atoms with Crippen molar-refractivity contribution in [1.82, 2.24) is 0 Å². The number of aromatic hydroxyl groups is 1. The van der Waals surface area contributed by atoms with Gasteiger partial charge < -0.3 is 15.6 Å². The van der Waals surface area contributed by atoms with Crippen LogP contribution in [0.25, 0.3) is 0 Å². The summed E-state index contributed by atoms with van der Waals surface area (Å²) in [6.45, 7) is 0.289. The van der Waals surface area contributed by atoms with Gasteiger partial charge in [-0.1, -0.05) is 29.3 Å². The Bertz CT molecular complexity index is 674. The van der Waals surface area contributed by atoms with Gasteiger partial charge in [0.05, 0.1) is 6.61 Å². The first kappa shape index (κ1) is 15.5. The van der Waals surface area contributed by atoms with Gasteiger partial charge in [-0.3, -0.25) is 4.79 Å². The van der Waals surface area contributed by atoms with Gasteiger partial charge in [0.15, 0.2) is 11.5 Å². The predicted octanol–water partition coefficient (Wildman–Crippen LogP) is 3.42. The van der Waals surface area contributed by atoms with Gasteiger partial charge in [0, 0.05) is 22.0 Å². The second kappa shape index (κ2) is 6.70. The summed E-state index contributed by atoms with van der Waals surface area (Å²) in [6, 6.07) is 9.41. The van der Waals surface area contributed by atoms with Crippen LogP contribution in [-0.2, 0) is 6.42 Å². The van der Waals surface area contributed by atoms with Crippen molar-refractivity contribution in [2.45, 2.75) is 6.42 Å². The maximum absolute atomic E-state index is 11.1. The molecule has 2 rings (SSSR count). The molecule has 0 aliphatic rings. The molecule has 0 radical (unpaired) electrons. The summed E-state index contributed by atoms with van der Waals surface area (Å²) < 4.78 is 5.47. The van der Waals surface area contributed by atoms with Crippen molar-refractivity contribution in [3.05, 3.63) is 57.6 Å². The molecule has 0 aliphatic carbocycles. The van der Waals surface area contributed by atoms with Gasteiger partial charge >= 0.3 is 0 Å². The van der Waals surface area contributed by atoms with E-state index in [-0.39, 0.29) is 23.7 Å². The lowest BCUT2D eigenvalue weighted by Crippen LogP contribution is -2.11. The van der Waals surface area contributed by atoms with Gasteiger partial charge in [-0.15, -0.1) is 0 Å². The Balaban J connectivity index is 2.03. The zero-order valence-corrected chi connectivity index (χ0v) is 12.5.